The predicted octanol–water partition coefficient (Wildman–Crippen LogP) is 2.91. The van der Waals surface area contributed by atoms with E-state index in [9.17, 15) is 9.18 Å². The Morgan fingerprint density at radius 2 is 2.28 bits per heavy atom. The highest BCUT2D eigenvalue weighted by Gasteiger charge is 2.26. The van der Waals surface area contributed by atoms with Crippen LogP contribution in [-0.2, 0) is 0 Å². The number of carbonyl (C=O) groups is 1. The lowest BCUT2D eigenvalue weighted by Crippen LogP contribution is -2.33. The van der Waals surface area contributed by atoms with Crippen LogP contribution in [0.3, 0.4) is 0 Å². The molecule has 0 spiro atoms. The van der Waals surface area contributed by atoms with E-state index < -0.39 is 0 Å². The fourth-order valence-corrected chi connectivity index (χ4v) is 4.63. The molecule has 1 fully saturated rings. The molecule has 4 rings (SSSR count). The maximum atomic E-state index is 14.0. The van der Waals surface area contributed by atoms with Crippen molar-refractivity contribution < 1.29 is 9.18 Å². The van der Waals surface area contributed by atoms with Crippen LogP contribution in [0, 0.1) is 5.82 Å². The van der Waals surface area contributed by atoms with Gasteiger partial charge in [-0.2, -0.15) is 5.10 Å². The number of hydrogen-bond acceptors (Lipinski definition) is 4. The minimum absolute atomic E-state index is 0.166. The number of halogens is 1. The maximum absolute atomic E-state index is 14.0. The zero-order chi connectivity index (χ0) is 17.2. The number of thioether (sulfide) groups is 1. The van der Waals surface area contributed by atoms with Gasteiger partial charge in [0, 0.05) is 23.4 Å². The minimum atomic E-state index is -0.212. The van der Waals surface area contributed by atoms with Crippen LogP contribution in [0.25, 0.3) is 0 Å². The Labute approximate surface area is 150 Å². The first-order chi connectivity index (χ1) is 12.2. The van der Waals surface area contributed by atoms with Gasteiger partial charge in [-0.05, 0) is 43.5 Å². The van der Waals surface area contributed by atoms with Gasteiger partial charge in [0.05, 0.1) is 12.1 Å². The topological polar surface area (TPSA) is 59.0 Å². The number of fused-ring (bicyclic) bond motifs is 1. The highest BCUT2D eigenvalue weighted by Crippen LogP contribution is 2.37. The molecule has 0 radical (unpaired) electrons. The number of nitrogens with one attached hydrogen (secondary N) is 2. The summed E-state index contributed by atoms with van der Waals surface area (Å²) in [5.41, 5.74) is 1.28. The molecule has 25 heavy (non-hydrogen) atoms. The van der Waals surface area contributed by atoms with Crippen LogP contribution >= 0.6 is 11.8 Å². The van der Waals surface area contributed by atoms with Crippen molar-refractivity contribution in [2.45, 2.75) is 36.2 Å². The van der Waals surface area contributed by atoms with Gasteiger partial charge in [-0.25, -0.2) is 4.39 Å². The Morgan fingerprint density at radius 1 is 1.36 bits per heavy atom. The number of carbonyl (C=O) groups excluding carboxylic acids is 1. The predicted molar refractivity (Wildman–Crippen MR) is 95.3 cm³/mol. The van der Waals surface area contributed by atoms with Gasteiger partial charge in [-0.3, -0.25) is 9.48 Å². The Kier molecular flexibility index (Phi) is 4.76. The Hall–Kier alpha value is -1.86. The second-order valence-electron chi connectivity index (χ2n) is 6.50. The summed E-state index contributed by atoms with van der Waals surface area (Å²) in [5, 5.41) is 10.8. The second-order valence-corrected chi connectivity index (χ2v) is 7.61. The van der Waals surface area contributed by atoms with Crippen molar-refractivity contribution in [3.8, 4) is 0 Å². The SMILES string of the molecule is O=C(NC1CCSc2c(F)cccc21)c1ccn(C2CCCNC2)n1. The van der Waals surface area contributed by atoms with Crippen molar-refractivity contribution in [3.63, 3.8) is 0 Å². The van der Waals surface area contributed by atoms with E-state index in [1.165, 1.54) is 17.8 Å². The van der Waals surface area contributed by atoms with Crippen molar-refractivity contribution in [1.29, 1.82) is 0 Å². The average molecular weight is 360 g/mol. The average Bonchev–Trinajstić information content (AvgIpc) is 3.14. The van der Waals surface area contributed by atoms with E-state index in [0.717, 1.165) is 43.7 Å². The molecule has 7 heteroatoms. The molecule has 2 aliphatic heterocycles. The summed E-state index contributed by atoms with van der Waals surface area (Å²) in [7, 11) is 0. The molecule has 3 heterocycles. The molecule has 1 amide bonds. The van der Waals surface area contributed by atoms with Crippen LogP contribution in [0.2, 0.25) is 0 Å². The third kappa shape index (κ3) is 3.43. The fraction of sp³-hybridized carbons (Fsp3) is 0.444. The number of aromatic nitrogens is 2. The van der Waals surface area contributed by atoms with E-state index in [2.05, 4.69) is 15.7 Å². The molecule has 2 aromatic rings. The first-order valence-electron chi connectivity index (χ1n) is 8.70. The van der Waals surface area contributed by atoms with Gasteiger partial charge in [-0.15, -0.1) is 11.8 Å². The summed E-state index contributed by atoms with van der Waals surface area (Å²) >= 11 is 1.51. The smallest absolute Gasteiger partial charge is 0.272 e. The number of rotatable bonds is 3. The molecular weight excluding hydrogens is 339 g/mol. The van der Waals surface area contributed by atoms with E-state index in [0.29, 0.717) is 16.6 Å². The highest BCUT2D eigenvalue weighted by atomic mass is 32.2. The van der Waals surface area contributed by atoms with Gasteiger partial charge >= 0.3 is 0 Å². The van der Waals surface area contributed by atoms with E-state index in [1.807, 2.05) is 16.9 Å². The van der Waals surface area contributed by atoms with Gasteiger partial charge in [0.15, 0.2) is 0 Å². The summed E-state index contributed by atoms with van der Waals surface area (Å²) in [5.74, 6) is 0.381. The summed E-state index contributed by atoms with van der Waals surface area (Å²) < 4.78 is 15.8. The molecule has 0 saturated carbocycles. The van der Waals surface area contributed by atoms with Crippen LogP contribution in [0.5, 0.6) is 0 Å². The molecule has 2 atom stereocenters. The number of benzene rings is 1. The molecule has 132 valence electrons. The van der Waals surface area contributed by atoms with Gasteiger partial charge in [0.25, 0.3) is 5.91 Å². The molecule has 1 aromatic heterocycles. The second kappa shape index (κ2) is 7.17. The Morgan fingerprint density at radius 3 is 3.12 bits per heavy atom. The lowest BCUT2D eigenvalue weighted by molar-refractivity contribution is 0.0928. The largest absolute Gasteiger partial charge is 0.344 e. The Balaban J connectivity index is 1.48. The van der Waals surface area contributed by atoms with Crippen molar-refractivity contribution >= 4 is 17.7 Å². The van der Waals surface area contributed by atoms with Gasteiger partial charge < -0.3 is 10.6 Å². The number of nitrogens with zero attached hydrogens (tertiary/aromatic N) is 2. The Bertz CT molecular complexity index is 772. The van der Waals surface area contributed by atoms with E-state index in [-0.39, 0.29) is 17.8 Å². The number of amides is 1. The standard InChI is InChI=1S/C18H21FN4OS/c19-14-5-1-4-13-15(7-10-25-17(13)14)21-18(24)16-6-9-23(22-16)12-3-2-8-20-11-12/h1,4-6,9,12,15,20H,2-3,7-8,10-11H2,(H,21,24). The first kappa shape index (κ1) is 16.6. The molecule has 5 nitrogen and oxygen atoms in total. The summed E-state index contributed by atoms with van der Waals surface area (Å²) in [6.45, 7) is 1.93. The summed E-state index contributed by atoms with van der Waals surface area (Å²) in [4.78, 5) is 13.3. The molecule has 2 aliphatic rings. The molecule has 0 bridgehead atoms. The zero-order valence-electron chi connectivity index (χ0n) is 13.9. The van der Waals surface area contributed by atoms with Crippen LogP contribution in [0.15, 0.2) is 35.4 Å². The normalized spacial score (nSPS) is 23.1. The highest BCUT2D eigenvalue weighted by molar-refractivity contribution is 7.99. The molecule has 1 aromatic carbocycles. The van der Waals surface area contributed by atoms with E-state index in [1.54, 1.807) is 12.1 Å². The van der Waals surface area contributed by atoms with Crippen LogP contribution in [-0.4, -0.2) is 34.5 Å². The van der Waals surface area contributed by atoms with Crippen molar-refractivity contribution in [2.24, 2.45) is 0 Å². The summed E-state index contributed by atoms with van der Waals surface area (Å²) in [6, 6.07) is 6.95. The molecule has 2 unspecified atom stereocenters. The quantitative estimate of drug-likeness (QED) is 0.884. The lowest BCUT2D eigenvalue weighted by atomic mass is 10.0. The van der Waals surface area contributed by atoms with Crippen LogP contribution in [0.1, 0.15) is 47.4 Å². The minimum Gasteiger partial charge on any atom is -0.344 e. The molecular formula is C18H21FN4OS. The lowest BCUT2D eigenvalue weighted by Gasteiger charge is -2.26. The number of hydrogen-bond donors (Lipinski definition) is 2. The van der Waals surface area contributed by atoms with Crippen LogP contribution in [0.4, 0.5) is 4.39 Å². The monoisotopic (exact) mass is 360 g/mol. The van der Waals surface area contributed by atoms with Crippen LogP contribution < -0.4 is 10.6 Å². The zero-order valence-corrected chi connectivity index (χ0v) is 14.7. The van der Waals surface area contributed by atoms with Crippen molar-refractivity contribution in [3.05, 3.63) is 47.5 Å². The summed E-state index contributed by atoms with van der Waals surface area (Å²) in [6.07, 6.45) is 4.85. The van der Waals surface area contributed by atoms with Gasteiger partial charge in [-0.1, -0.05) is 12.1 Å². The van der Waals surface area contributed by atoms with E-state index in [4.69, 9.17) is 0 Å². The van der Waals surface area contributed by atoms with Gasteiger partial charge in [0.1, 0.15) is 11.5 Å². The van der Waals surface area contributed by atoms with Gasteiger partial charge in [0.2, 0.25) is 0 Å². The molecule has 0 aliphatic carbocycles. The number of piperidine rings is 1. The third-order valence-electron chi connectivity index (χ3n) is 4.82. The molecule has 1 saturated heterocycles. The first-order valence-corrected chi connectivity index (χ1v) is 9.69. The third-order valence-corrected chi connectivity index (χ3v) is 5.98. The molecule has 2 N–H and O–H groups in total. The van der Waals surface area contributed by atoms with Crippen molar-refractivity contribution in [2.75, 3.05) is 18.8 Å². The fourth-order valence-electron chi connectivity index (χ4n) is 3.49. The maximum Gasteiger partial charge on any atom is 0.272 e. The van der Waals surface area contributed by atoms with E-state index >= 15 is 0 Å². The van der Waals surface area contributed by atoms with Crippen molar-refractivity contribution in [1.82, 2.24) is 20.4 Å².